The van der Waals surface area contributed by atoms with E-state index in [4.69, 9.17) is 4.74 Å². The van der Waals surface area contributed by atoms with E-state index in [1.165, 1.54) is 0 Å². The monoisotopic (exact) mass is 278 g/mol. The van der Waals surface area contributed by atoms with Crippen molar-refractivity contribution in [3.05, 3.63) is 70.1 Å². The van der Waals surface area contributed by atoms with Crippen LogP contribution in [0.25, 0.3) is 23.2 Å². The van der Waals surface area contributed by atoms with E-state index >= 15 is 0 Å². The molecule has 0 saturated heterocycles. The number of para-hydroxylation sites is 2. The summed E-state index contributed by atoms with van der Waals surface area (Å²) in [7, 11) is 1.63. The van der Waals surface area contributed by atoms with Crippen LogP contribution in [-0.4, -0.2) is 17.1 Å². The third kappa shape index (κ3) is 2.84. The molecule has 1 N–H and O–H groups in total. The van der Waals surface area contributed by atoms with Crippen LogP contribution in [0.5, 0.6) is 5.75 Å². The number of hydrogen-bond donors (Lipinski definition) is 1. The van der Waals surface area contributed by atoms with Gasteiger partial charge in [0, 0.05) is 0 Å². The predicted molar refractivity (Wildman–Crippen MR) is 84.3 cm³/mol. The average molecular weight is 278 g/mol. The second-order valence-electron chi connectivity index (χ2n) is 4.57. The van der Waals surface area contributed by atoms with Gasteiger partial charge in [0.1, 0.15) is 11.4 Å². The zero-order chi connectivity index (χ0) is 14.7. The van der Waals surface area contributed by atoms with Crippen molar-refractivity contribution in [2.45, 2.75) is 0 Å². The number of aromatic nitrogens is 2. The lowest BCUT2D eigenvalue weighted by Gasteiger charge is -2.00. The Kier molecular flexibility index (Phi) is 3.51. The molecule has 0 amide bonds. The van der Waals surface area contributed by atoms with Crippen LogP contribution < -0.4 is 10.3 Å². The highest BCUT2D eigenvalue weighted by Crippen LogP contribution is 2.13. The molecule has 4 nitrogen and oxygen atoms in total. The van der Waals surface area contributed by atoms with Gasteiger partial charge < -0.3 is 9.72 Å². The maximum Gasteiger partial charge on any atom is 0.274 e. The van der Waals surface area contributed by atoms with Crippen LogP contribution in [0.1, 0.15) is 11.3 Å². The number of rotatable bonds is 3. The van der Waals surface area contributed by atoms with Crippen molar-refractivity contribution < 1.29 is 4.74 Å². The molecule has 2 aromatic carbocycles. The van der Waals surface area contributed by atoms with Crippen molar-refractivity contribution in [2.24, 2.45) is 0 Å². The zero-order valence-corrected chi connectivity index (χ0v) is 11.5. The highest BCUT2D eigenvalue weighted by Gasteiger charge is 2.00. The summed E-state index contributed by atoms with van der Waals surface area (Å²) in [4.78, 5) is 19.2. The van der Waals surface area contributed by atoms with E-state index in [9.17, 15) is 4.79 Å². The van der Waals surface area contributed by atoms with Gasteiger partial charge in [-0.25, -0.2) is 4.98 Å². The summed E-state index contributed by atoms with van der Waals surface area (Å²) in [6, 6.07) is 15.1. The molecule has 0 saturated carbocycles. The number of benzene rings is 2. The summed E-state index contributed by atoms with van der Waals surface area (Å²) in [6.07, 6.45) is 3.57. The minimum Gasteiger partial charge on any atom is -0.497 e. The van der Waals surface area contributed by atoms with Crippen molar-refractivity contribution in [3.63, 3.8) is 0 Å². The summed E-state index contributed by atoms with van der Waals surface area (Å²) in [6.45, 7) is 0. The minimum atomic E-state index is -0.196. The number of aromatic amines is 1. The summed E-state index contributed by atoms with van der Waals surface area (Å²) >= 11 is 0. The van der Waals surface area contributed by atoms with Gasteiger partial charge in [-0.3, -0.25) is 4.79 Å². The van der Waals surface area contributed by atoms with E-state index in [0.29, 0.717) is 5.69 Å². The van der Waals surface area contributed by atoms with E-state index in [-0.39, 0.29) is 5.56 Å². The second-order valence-corrected chi connectivity index (χ2v) is 4.57. The summed E-state index contributed by atoms with van der Waals surface area (Å²) in [5.74, 6) is 0.800. The van der Waals surface area contributed by atoms with Crippen molar-refractivity contribution in [2.75, 3.05) is 7.11 Å². The molecule has 0 bridgehead atoms. The Bertz CT molecular complexity index is 849. The Morgan fingerprint density at radius 2 is 1.81 bits per heavy atom. The Labute approximate surface area is 121 Å². The zero-order valence-electron chi connectivity index (χ0n) is 11.5. The normalized spacial score (nSPS) is 11.1. The number of hydrogen-bond acceptors (Lipinski definition) is 3. The molecule has 0 fully saturated rings. The minimum absolute atomic E-state index is 0.196. The Morgan fingerprint density at radius 3 is 2.57 bits per heavy atom. The first kappa shape index (κ1) is 13.1. The molecular weight excluding hydrogens is 264 g/mol. The maximum atomic E-state index is 12.0. The van der Waals surface area contributed by atoms with Gasteiger partial charge in [0.15, 0.2) is 0 Å². The highest BCUT2D eigenvalue weighted by atomic mass is 16.5. The number of nitrogens with one attached hydrogen (secondary N) is 1. The Balaban J connectivity index is 1.94. The molecule has 0 spiro atoms. The number of H-pyrrole nitrogens is 1. The van der Waals surface area contributed by atoms with Crippen molar-refractivity contribution in [1.82, 2.24) is 9.97 Å². The molecule has 1 heterocycles. The third-order valence-electron chi connectivity index (χ3n) is 3.18. The Hall–Kier alpha value is -2.88. The van der Waals surface area contributed by atoms with Crippen LogP contribution in [0.3, 0.4) is 0 Å². The van der Waals surface area contributed by atoms with Crippen molar-refractivity contribution in [1.29, 1.82) is 0 Å². The molecule has 0 atom stereocenters. The standard InChI is InChI=1S/C17H14N2O2/c1-21-13-9-6-12(7-10-13)8-11-16-17(20)19-15-5-3-2-4-14(15)18-16/h2-11H,1H3,(H,19,20). The molecule has 4 heteroatoms. The highest BCUT2D eigenvalue weighted by molar-refractivity contribution is 5.76. The molecule has 1 aromatic heterocycles. The lowest BCUT2D eigenvalue weighted by Crippen LogP contribution is -2.11. The SMILES string of the molecule is COc1ccc(C=Cc2nc3ccccc3[nH]c2=O)cc1. The average Bonchev–Trinajstić information content (AvgIpc) is 2.53. The van der Waals surface area contributed by atoms with Crippen LogP contribution in [0.4, 0.5) is 0 Å². The van der Waals surface area contributed by atoms with Gasteiger partial charge in [-0.1, -0.05) is 30.3 Å². The molecule has 3 rings (SSSR count). The first-order valence-electron chi connectivity index (χ1n) is 6.57. The molecule has 0 radical (unpaired) electrons. The Morgan fingerprint density at radius 1 is 1.05 bits per heavy atom. The van der Waals surface area contributed by atoms with E-state index in [1.807, 2.05) is 54.6 Å². The summed E-state index contributed by atoms with van der Waals surface area (Å²) in [5.41, 5.74) is 2.68. The molecule has 0 aliphatic heterocycles. The topological polar surface area (TPSA) is 55.0 Å². The lowest BCUT2D eigenvalue weighted by atomic mass is 10.2. The van der Waals surface area contributed by atoms with Crippen LogP contribution in [0.2, 0.25) is 0 Å². The van der Waals surface area contributed by atoms with Gasteiger partial charge in [-0.2, -0.15) is 0 Å². The predicted octanol–water partition coefficient (Wildman–Crippen LogP) is 3.10. The molecular formula is C17H14N2O2. The lowest BCUT2D eigenvalue weighted by molar-refractivity contribution is 0.415. The van der Waals surface area contributed by atoms with E-state index in [0.717, 1.165) is 22.3 Å². The van der Waals surface area contributed by atoms with Gasteiger partial charge in [-0.15, -0.1) is 0 Å². The number of ether oxygens (including phenoxy) is 1. The fraction of sp³-hybridized carbons (Fsp3) is 0.0588. The van der Waals surface area contributed by atoms with Gasteiger partial charge in [0.25, 0.3) is 5.56 Å². The van der Waals surface area contributed by atoms with Gasteiger partial charge in [0.05, 0.1) is 18.1 Å². The van der Waals surface area contributed by atoms with Crippen LogP contribution in [-0.2, 0) is 0 Å². The third-order valence-corrected chi connectivity index (χ3v) is 3.18. The first-order valence-corrected chi connectivity index (χ1v) is 6.57. The van der Waals surface area contributed by atoms with E-state index in [1.54, 1.807) is 13.2 Å². The van der Waals surface area contributed by atoms with E-state index in [2.05, 4.69) is 9.97 Å². The number of methoxy groups -OCH3 is 1. The molecule has 0 aliphatic carbocycles. The smallest absolute Gasteiger partial charge is 0.274 e. The number of fused-ring (bicyclic) bond motifs is 1. The van der Waals surface area contributed by atoms with Crippen LogP contribution in [0, 0.1) is 0 Å². The largest absolute Gasteiger partial charge is 0.497 e. The van der Waals surface area contributed by atoms with Gasteiger partial charge in [-0.05, 0) is 35.9 Å². The van der Waals surface area contributed by atoms with Crippen LogP contribution >= 0.6 is 0 Å². The fourth-order valence-corrected chi connectivity index (χ4v) is 2.05. The molecule has 3 aromatic rings. The van der Waals surface area contributed by atoms with Gasteiger partial charge in [0.2, 0.25) is 0 Å². The summed E-state index contributed by atoms with van der Waals surface area (Å²) < 4.78 is 5.11. The van der Waals surface area contributed by atoms with Crippen LogP contribution in [0.15, 0.2) is 53.3 Å². The summed E-state index contributed by atoms with van der Waals surface area (Å²) in [5, 5.41) is 0. The molecule has 0 aliphatic rings. The quantitative estimate of drug-likeness (QED) is 0.801. The number of nitrogens with zero attached hydrogens (tertiary/aromatic N) is 1. The van der Waals surface area contributed by atoms with Crippen molar-refractivity contribution >= 4 is 23.2 Å². The first-order chi connectivity index (χ1) is 10.3. The maximum absolute atomic E-state index is 12.0. The molecule has 0 unspecified atom stereocenters. The fourth-order valence-electron chi connectivity index (χ4n) is 2.05. The van der Waals surface area contributed by atoms with Gasteiger partial charge >= 0.3 is 0 Å². The second kappa shape index (κ2) is 5.63. The molecule has 21 heavy (non-hydrogen) atoms. The van der Waals surface area contributed by atoms with E-state index < -0.39 is 0 Å². The molecule has 104 valence electrons. The van der Waals surface area contributed by atoms with Crippen molar-refractivity contribution in [3.8, 4) is 5.75 Å².